The van der Waals surface area contributed by atoms with Crippen molar-refractivity contribution in [1.82, 2.24) is 0 Å². The Balaban J connectivity index is 2.71. The average molecular weight is 267 g/mol. The highest BCUT2D eigenvalue weighted by Crippen LogP contribution is 2.29. The monoisotopic (exact) mass is 266 g/mol. The Labute approximate surface area is 108 Å². The van der Waals surface area contributed by atoms with Gasteiger partial charge >= 0.3 is 0 Å². The van der Waals surface area contributed by atoms with Crippen LogP contribution in [0.3, 0.4) is 0 Å². The van der Waals surface area contributed by atoms with Gasteiger partial charge in [0.1, 0.15) is 11.6 Å². The summed E-state index contributed by atoms with van der Waals surface area (Å²) >= 11 is 5.75. The zero-order chi connectivity index (χ0) is 13.3. The maximum atomic E-state index is 13.6. The second kappa shape index (κ2) is 4.86. The van der Waals surface area contributed by atoms with Crippen LogP contribution in [0.15, 0.2) is 36.4 Å². The van der Waals surface area contributed by atoms with E-state index in [1.165, 1.54) is 31.2 Å². The molecule has 2 aromatic rings. The maximum absolute atomic E-state index is 13.6. The molecule has 92 valence electrons. The smallest absolute Gasteiger partial charge is 0.163 e. The van der Waals surface area contributed by atoms with Gasteiger partial charge in [0.2, 0.25) is 0 Å². The molecule has 0 fully saturated rings. The van der Waals surface area contributed by atoms with Gasteiger partial charge in [-0.15, -0.1) is 0 Å². The van der Waals surface area contributed by atoms with E-state index in [1.807, 2.05) is 0 Å². The topological polar surface area (TPSA) is 17.1 Å². The Morgan fingerprint density at radius 3 is 2.50 bits per heavy atom. The first-order valence-electron chi connectivity index (χ1n) is 5.25. The molecule has 0 atom stereocenters. The number of halogens is 3. The van der Waals surface area contributed by atoms with E-state index >= 15 is 0 Å². The van der Waals surface area contributed by atoms with E-state index in [9.17, 15) is 13.6 Å². The lowest BCUT2D eigenvalue weighted by atomic mass is 9.97. The number of rotatable bonds is 2. The van der Waals surface area contributed by atoms with Gasteiger partial charge in [-0.25, -0.2) is 8.78 Å². The molecule has 0 bridgehead atoms. The summed E-state index contributed by atoms with van der Waals surface area (Å²) in [5, 5.41) is 0.198. The van der Waals surface area contributed by atoms with Crippen LogP contribution in [0.1, 0.15) is 17.3 Å². The van der Waals surface area contributed by atoms with Gasteiger partial charge in [-0.3, -0.25) is 4.79 Å². The van der Waals surface area contributed by atoms with Crippen LogP contribution in [0.5, 0.6) is 0 Å². The zero-order valence-electron chi connectivity index (χ0n) is 9.51. The molecule has 0 spiro atoms. The molecule has 0 amide bonds. The molecule has 0 aliphatic heterocycles. The average Bonchev–Trinajstić information content (AvgIpc) is 2.26. The summed E-state index contributed by atoms with van der Waals surface area (Å²) in [7, 11) is 0. The zero-order valence-corrected chi connectivity index (χ0v) is 10.3. The summed E-state index contributed by atoms with van der Waals surface area (Å²) in [6.07, 6.45) is 0. The van der Waals surface area contributed by atoms with Gasteiger partial charge in [-0.05, 0) is 42.3 Å². The lowest BCUT2D eigenvalue weighted by Gasteiger charge is -2.09. The van der Waals surface area contributed by atoms with Crippen molar-refractivity contribution in [1.29, 1.82) is 0 Å². The molecule has 0 saturated carbocycles. The quantitative estimate of drug-likeness (QED) is 0.732. The molecule has 0 aliphatic rings. The van der Waals surface area contributed by atoms with Gasteiger partial charge in [-0.1, -0.05) is 23.7 Å². The van der Waals surface area contributed by atoms with Gasteiger partial charge in [0.15, 0.2) is 5.78 Å². The van der Waals surface area contributed by atoms with Crippen molar-refractivity contribution in [3.05, 3.63) is 58.6 Å². The van der Waals surface area contributed by atoms with Gasteiger partial charge in [0.05, 0.1) is 5.56 Å². The van der Waals surface area contributed by atoms with Crippen LogP contribution in [0.25, 0.3) is 11.1 Å². The van der Waals surface area contributed by atoms with Crippen LogP contribution in [0.2, 0.25) is 5.02 Å². The van der Waals surface area contributed by atoms with Crippen LogP contribution < -0.4 is 0 Å². The second-order valence-corrected chi connectivity index (χ2v) is 4.31. The molecule has 0 aromatic heterocycles. The van der Waals surface area contributed by atoms with E-state index in [2.05, 4.69) is 0 Å². The summed E-state index contributed by atoms with van der Waals surface area (Å²) in [5.41, 5.74) is 0.660. The molecule has 1 nitrogen and oxygen atoms in total. The minimum Gasteiger partial charge on any atom is -0.294 e. The van der Waals surface area contributed by atoms with Crippen molar-refractivity contribution < 1.29 is 13.6 Å². The first kappa shape index (κ1) is 12.7. The summed E-state index contributed by atoms with van der Waals surface area (Å²) in [4.78, 5) is 11.5. The van der Waals surface area contributed by atoms with Gasteiger partial charge in [0, 0.05) is 5.02 Å². The summed E-state index contributed by atoms with van der Waals surface area (Å²) in [6, 6.07) is 8.08. The van der Waals surface area contributed by atoms with Crippen LogP contribution in [0.4, 0.5) is 8.78 Å². The lowest BCUT2D eigenvalue weighted by Crippen LogP contribution is -2.00. The van der Waals surface area contributed by atoms with Crippen LogP contribution in [0, 0.1) is 11.6 Å². The minimum absolute atomic E-state index is 0.0563. The number of benzene rings is 2. The number of Topliss-reactive ketones (excluding diaryl/α,β-unsaturated/α-hetero) is 1. The number of hydrogen-bond donors (Lipinski definition) is 0. The first-order chi connectivity index (χ1) is 8.49. The molecular weight excluding hydrogens is 258 g/mol. The number of hydrogen-bond acceptors (Lipinski definition) is 1. The molecule has 2 aromatic carbocycles. The highest BCUT2D eigenvalue weighted by molar-refractivity contribution is 6.30. The fraction of sp³-hybridized carbons (Fsp3) is 0.0714. The molecule has 4 heteroatoms. The molecule has 0 saturated heterocycles. The van der Waals surface area contributed by atoms with Gasteiger partial charge < -0.3 is 0 Å². The molecule has 0 radical (unpaired) electrons. The SMILES string of the molecule is CC(=O)c1c(F)cccc1-c1cc(F)cc(Cl)c1. The largest absolute Gasteiger partial charge is 0.294 e. The standard InChI is InChI=1S/C14H9ClF2O/c1-8(18)14-12(3-2-4-13(14)17)9-5-10(15)7-11(16)6-9/h2-7H,1H3. The Morgan fingerprint density at radius 1 is 1.17 bits per heavy atom. The van der Waals surface area contributed by atoms with Crippen LogP contribution >= 0.6 is 11.6 Å². The molecule has 0 heterocycles. The van der Waals surface area contributed by atoms with Crippen molar-refractivity contribution >= 4 is 17.4 Å². The second-order valence-electron chi connectivity index (χ2n) is 3.88. The molecule has 18 heavy (non-hydrogen) atoms. The molecular formula is C14H9ClF2O. The van der Waals surface area contributed by atoms with E-state index in [4.69, 9.17) is 11.6 Å². The van der Waals surface area contributed by atoms with E-state index < -0.39 is 17.4 Å². The van der Waals surface area contributed by atoms with Crippen molar-refractivity contribution in [2.24, 2.45) is 0 Å². The van der Waals surface area contributed by atoms with E-state index in [1.54, 1.807) is 6.07 Å². The fourth-order valence-corrected chi connectivity index (χ4v) is 2.05. The minimum atomic E-state index is -0.625. The third-order valence-corrected chi connectivity index (χ3v) is 2.76. The Hall–Kier alpha value is -1.74. The first-order valence-corrected chi connectivity index (χ1v) is 5.63. The molecule has 0 unspecified atom stereocenters. The molecule has 2 rings (SSSR count). The summed E-state index contributed by atoms with van der Waals surface area (Å²) < 4.78 is 26.9. The fourth-order valence-electron chi connectivity index (χ4n) is 1.83. The predicted molar refractivity (Wildman–Crippen MR) is 66.8 cm³/mol. The van der Waals surface area contributed by atoms with Crippen LogP contribution in [-0.2, 0) is 0 Å². The van der Waals surface area contributed by atoms with Crippen molar-refractivity contribution in [2.75, 3.05) is 0 Å². The summed E-state index contributed by atoms with van der Waals surface area (Å²) in [6.45, 7) is 1.27. The maximum Gasteiger partial charge on any atom is 0.163 e. The predicted octanol–water partition coefficient (Wildman–Crippen LogP) is 4.49. The van der Waals surface area contributed by atoms with Crippen molar-refractivity contribution in [3.63, 3.8) is 0 Å². The summed E-state index contributed by atoms with van der Waals surface area (Å²) in [5.74, 6) is -1.57. The highest BCUT2D eigenvalue weighted by atomic mass is 35.5. The Bertz CT molecular complexity index is 603. The molecule has 0 N–H and O–H groups in total. The Morgan fingerprint density at radius 2 is 1.89 bits per heavy atom. The van der Waals surface area contributed by atoms with E-state index in [-0.39, 0.29) is 10.6 Å². The number of ketones is 1. The lowest BCUT2D eigenvalue weighted by molar-refractivity contribution is 0.101. The normalized spacial score (nSPS) is 10.4. The third kappa shape index (κ3) is 2.41. The molecule has 0 aliphatic carbocycles. The van der Waals surface area contributed by atoms with Gasteiger partial charge in [-0.2, -0.15) is 0 Å². The van der Waals surface area contributed by atoms with Crippen LogP contribution in [-0.4, -0.2) is 5.78 Å². The highest BCUT2D eigenvalue weighted by Gasteiger charge is 2.15. The third-order valence-electron chi connectivity index (χ3n) is 2.54. The van der Waals surface area contributed by atoms with Crippen molar-refractivity contribution in [3.8, 4) is 11.1 Å². The Kier molecular flexibility index (Phi) is 3.43. The van der Waals surface area contributed by atoms with Gasteiger partial charge in [0.25, 0.3) is 0 Å². The number of carbonyl (C=O) groups excluding carboxylic acids is 1. The van der Waals surface area contributed by atoms with E-state index in [0.717, 1.165) is 6.07 Å². The number of carbonyl (C=O) groups is 1. The van der Waals surface area contributed by atoms with Crippen molar-refractivity contribution in [2.45, 2.75) is 6.92 Å². The van der Waals surface area contributed by atoms with E-state index in [0.29, 0.717) is 11.1 Å².